The van der Waals surface area contributed by atoms with Crippen LogP contribution in [-0.2, 0) is 13.6 Å². The number of hydrogen-bond donors (Lipinski definition) is 0. The van der Waals surface area contributed by atoms with Gasteiger partial charge in [0.25, 0.3) is 0 Å². The van der Waals surface area contributed by atoms with E-state index in [4.69, 9.17) is 8.85 Å². The minimum atomic E-state index is -0.749. The molecule has 5 nitrogen and oxygen atoms in total. The fourth-order valence-corrected chi connectivity index (χ4v) is 7.70. The van der Waals surface area contributed by atoms with Crippen LogP contribution < -0.4 is 4.90 Å². The Morgan fingerprint density at radius 2 is 1.57 bits per heavy atom. The van der Waals surface area contributed by atoms with Crippen molar-refractivity contribution in [1.29, 1.82) is 5.26 Å². The van der Waals surface area contributed by atoms with Crippen molar-refractivity contribution in [3.8, 4) is 6.07 Å². The van der Waals surface area contributed by atoms with Gasteiger partial charge in [0.2, 0.25) is 5.91 Å². The summed E-state index contributed by atoms with van der Waals surface area (Å²) in [6.07, 6.45) is 0.857. The standard InChI is InChI=1S/C31H36F2N2O3Si2/c1-31(2,30(37-39-3)38-40-4)27(21-8-10-23(32)11-9-21)17-16-26-28(22-7-5-6-20(18-22)19-34)35(29(26)36)25-14-12-24(33)13-15-25/h5-15,18,26-28,30H,16-17,39-40H2,1-4H3. The van der Waals surface area contributed by atoms with Crippen LogP contribution >= 0.6 is 0 Å². The third kappa shape index (κ3) is 6.26. The second kappa shape index (κ2) is 13.0. The monoisotopic (exact) mass is 578 g/mol. The molecule has 3 aromatic carbocycles. The van der Waals surface area contributed by atoms with Crippen molar-refractivity contribution in [2.45, 2.75) is 58.0 Å². The molecule has 1 amide bonds. The van der Waals surface area contributed by atoms with Gasteiger partial charge >= 0.3 is 0 Å². The SMILES string of the molecule is C[SiH2]OC(O[SiH2]C)C(C)(C)C(CCC1C(=O)N(c2ccc(F)cc2)C1c1cccc(C#N)c1)c1ccc(F)cc1. The molecule has 40 heavy (non-hydrogen) atoms. The lowest BCUT2D eigenvalue weighted by Crippen LogP contribution is -2.55. The average molecular weight is 579 g/mol. The van der Waals surface area contributed by atoms with E-state index in [0.717, 1.165) is 11.1 Å². The normalized spacial score (nSPS) is 19.2. The molecule has 9 heteroatoms. The molecule has 1 fully saturated rings. The van der Waals surface area contributed by atoms with Crippen LogP contribution in [0.4, 0.5) is 14.5 Å². The molecule has 1 saturated heterocycles. The number of carbonyl (C=O) groups excluding carboxylic acids is 1. The first-order chi connectivity index (χ1) is 19.2. The van der Waals surface area contributed by atoms with Crippen LogP contribution in [0.15, 0.2) is 72.8 Å². The van der Waals surface area contributed by atoms with Crippen molar-refractivity contribution in [3.05, 3.63) is 101 Å². The van der Waals surface area contributed by atoms with Crippen molar-refractivity contribution in [2.75, 3.05) is 4.90 Å². The van der Waals surface area contributed by atoms with E-state index in [1.165, 1.54) is 24.3 Å². The molecule has 3 aromatic rings. The maximum Gasteiger partial charge on any atom is 0.233 e. The summed E-state index contributed by atoms with van der Waals surface area (Å²) in [4.78, 5) is 15.3. The number of anilines is 1. The van der Waals surface area contributed by atoms with Crippen molar-refractivity contribution in [2.24, 2.45) is 11.3 Å². The molecule has 1 heterocycles. The summed E-state index contributed by atoms with van der Waals surface area (Å²) in [6.45, 7) is 8.41. The van der Waals surface area contributed by atoms with Crippen molar-refractivity contribution in [3.63, 3.8) is 0 Å². The Labute approximate surface area is 240 Å². The first-order valence-electron chi connectivity index (χ1n) is 13.8. The van der Waals surface area contributed by atoms with Crippen LogP contribution in [0.1, 0.15) is 55.3 Å². The zero-order chi connectivity index (χ0) is 28.9. The maximum atomic E-state index is 13.9. The van der Waals surface area contributed by atoms with E-state index in [1.807, 2.05) is 30.3 Å². The summed E-state index contributed by atoms with van der Waals surface area (Å²) in [6, 6.07) is 21.7. The minimum absolute atomic E-state index is 0.0411. The smallest absolute Gasteiger partial charge is 0.233 e. The summed E-state index contributed by atoms with van der Waals surface area (Å²) in [5.74, 6) is -1.10. The molecule has 3 unspecified atom stereocenters. The average Bonchev–Trinajstić information content (AvgIpc) is 2.95. The van der Waals surface area contributed by atoms with Gasteiger partial charge in [-0.3, -0.25) is 4.79 Å². The zero-order valence-electron chi connectivity index (χ0n) is 23.4. The number of hydrogen-bond acceptors (Lipinski definition) is 4. The van der Waals surface area contributed by atoms with Crippen LogP contribution in [0.2, 0.25) is 13.1 Å². The molecule has 1 aliphatic rings. The van der Waals surface area contributed by atoms with E-state index >= 15 is 0 Å². The topological polar surface area (TPSA) is 62.6 Å². The highest BCUT2D eigenvalue weighted by Crippen LogP contribution is 2.49. The number of nitriles is 1. The van der Waals surface area contributed by atoms with Crippen LogP contribution in [-0.4, -0.2) is 31.7 Å². The van der Waals surface area contributed by atoms with Gasteiger partial charge in [-0.1, -0.05) is 51.2 Å². The van der Waals surface area contributed by atoms with Crippen LogP contribution in [0.25, 0.3) is 0 Å². The zero-order valence-corrected chi connectivity index (χ0v) is 26.3. The van der Waals surface area contributed by atoms with Gasteiger partial charge in [0.15, 0.2) is 19.5 Å². The van der Waals surface area contributed by atoms with E-state index in [-0.39, 0.29) is 41.7 Å². The van der Waals surface area contributed by atoms with E-state index < -0.39 is 24.9 Å². The number of carbonyl (C=O) groups is 1. The van der Waals surface area contributed by atoms with E-state index in [1.54, 1.807) is 23.1 Å². The third-order valence-corrected chi connectivity index (χ3v) is 9.13. The Hall–Kier alpha value is -3.17. The lowest BCUT2D eigenvalue weighted by molar-refractivity contribution is -0.131. The summed E-state index contributed by atoms with van der Waals surface area (Å²) in [5, 5.41) is 9.50. The number of β-lactam (4-membered cyclic amide) rings is 1. The maximum absolute atomic E-state index is 13.9. The second-order valence-corrected chi connectivity index (χ2v) is 12.5. The molecule has 0 aliphatic carbocycles. The van der Waals surface area contributed by atoms with Crippen molar-refractivity contribution in [1.82, 2.24) is 0 Å². The Bertz CT molecular complexity index is 1340. The quantitative estimate of drug-likeness (QED) is 0.156. The highest BCUT2D eigenvalue weighted by molar-refractivity contribution is 6.26. The fourth-order valence-electron chi connectivity index (χ4n) is 5.85. The van der Waals surface area contributed by atoms with Crippen LogP contribution in [0, 0.1) is 34.3 Å². The molecular formula is C31H36F2N2O3Si2. The van der Waals surface area contributed by atoms with Gasteiger partial charge in [-0.2, -0.15) is 5.26 Å². The van der Waals surface area contributed by atoms with Gasteiger partial charge in [-0.25, -0.2) is 8.78 Å². The predicted octanol–water partition coefficient (Wildman–Crippen LogP) is 5.75. The van der Waals surface area contributed by atoms with Crippen molar-refractivity contribution < 1.29 is 22.4 Å². The molecule has 0 radical (unpaired) electrons. The van der Waals surface area contributed by atoms with Crippen LogP contribution in [0.5, 0.6) is 0 Å². The summed E-state index contributed by atoms with van der Waals surface area (Å²) in [5.41, 5.74) is 2.55. The molecule has 0 bridgehead atoms. The number of rotatable bonds is 12. The lowest BCUT2D eigenvalue weighted by atomic mass is 9.69. The number of benzene rings is 3. The Balaban J connectivity index is 1.67. The Morgan fingerprint density at radius 3 is 2.15 bits per heavy atom. The van der Waals surface area contributed by atoms with E-state index in [9.17, 15) is 18.8 Å². The van der Waals surface area contributed by atoms with E-state index in [0.29, 0.717) is 24.1 Å². The second-order valence-electron chi connectivity index (χ2n) is 10.7. The Kier molecular flexibility index (Phi) is 9.69. The van der Waals surface area contributed by atoms with Gasteiger partial charge in [-0.05, 0) is 78.4 Å². The van der Waals surface area contributed by atoms with Gasteiger partial charge < -0.3 is 13.8 Å². The van der Waals surface area contributed by atoms with Crippen LogP contribution in [0.3, 0.4) is 0 Å². The summed E-state index contributed by atoms with van der Waals surface area (Å²) >= 11 is 0. The molecule has 0 saturated carbocycles. The fraction of sp³-hybridized carbons (Fsp3) is 0.355. The van der Waals surface area contributed by atoms with Gasteiger partial charge in [0.05, 0.1) is 23.6 Å². The molecule has 4 rings (SSSR count). The van der Waals surface area contributed by atoms with Gasteiger partial charge in [-0.15, -0.1) is 0 Å². The highest BCUT2D eigenvalue weighted by atomic mass is 28.2. The first kappa shape index (κ1) is 29.8. The molecule has 0 aromatic heterocycles. The highest BCUT2D eigenvalue weighted by Gasteiger charge is 2.49. The van der Waals surface area contributed by atoms with E-state index in [2.05, 4.69) is 33.0 Å². The largest absolute Gasteiger partial charge is 0.400 e. The van der Waals surface area contributed by atoms with Crippen molar-refractivity contribution >= 4 is 31.1 Å². The summed E-state index contributed by atoms with van der Waals surface area (Å²) in [7, 11) is -1.50. The molecule has 1 aliphatic heterocycles. The molecule has 3 atom stereocenters. The lowest BCUT2D eigenvalue weighted by Gasteiger charge is -2.49. The van der Waals surface area contributed by atoms with Gasteiger partial charge in [0, 0.05) is 11.1 Å². The number of halogens is 2. The number of nitrogens with zero attached hydrogens (tertiary/aromatic N) is 2. The molecule has 0 spiro atoms. The summed E-state index contributed by atoms with van der Waals surface area (Å²) < 4.78 is 39.9. The Morgan fingerprint density at radius 1 is 0.975 bits per heavy atom. The molecular weight excluding hydrogens is 543 g/mol. The number of amides is 1. The van der Waals surface area contributed by atoms with Gasteiger partial charge in [0.1, 0.15) is 17.9 Å². The minimum Gasteiger partial charge on any atom is -0.400 e. The first-order valence-corrected chi connectivity index (χ1v) is 17.8. The molecule has 0 N–H and O–H groups in total. The molecule has 210 valence electrons. The predicted molar refractivity (Wildman–Crippen MR) is 158 cm³/mol. The third-order valence-electron chi connectivity index (χ3n) is 7.86.